The molecule has 0 aliphatic heterocycles. The lowest BCUT2D eigenvalue weighted by atomic mass is 9.90. The van der Waals surface area contributed by atoms with Gasteiger partial charge < -0.3 is 15.5 Å². The number of hydrogen-bond donors (Lipinski definition) is 2. The molecule has 96 valence electrons. The van der Waals surface area contributed by atoms with Gasteiger partial charge in [-0.3, -0.25) is 0 Å². The maximum Gasteiger partial charge on any atom is 0.244 e. The van der Waals surface area contributed by atoms with E-state index in [2.05, 4.69) is 15.0 Å². The molecule has 1 fully saturated rings. The lowest BCUT2D eigenvalue weighted by Gasteiger charge is -2.21. The number of aromatic nitrogens is 3. The lowest BCUT2D eigenvalue weighted by Crippen LogP contribution is -2.16. The van der Waals surface area contributed by atoms with Gasteiger partial charge in [0.25, 0.3) is 0 Å². The predicted molar refractivity (Wildman–Crippen MR) is 70.4 cm³/mol. The van der Waals surface area contributed by atoms with Crippen LogP contribution in [0.15, 0.2) is 12.4 Å². The zero-order valence-corrected chi connectivity index (χ0v) is 10.4. The third-order valence-corrected chi connectivity index (χ3v) is 3.57. The smallest absolute Gasteiger partial charge is 0.244 e. The number of ether oxygens (including phenoxy) is 1. The van der Waals surface area contributed by atoms with E-state index in [1.54, 1.807) is 12.4 Å². The van der Waals surface area contributed by atoms with Gasteiger partial charge in [-0.05, 0) is 18.8 Å². The monoisotopic (exact) mass is 246 g/mol. The molecule has 3 N–H and O–H groups in total. The number of pyridine rings is 1. The molecule has 5 heteroatoms. The van der Waals surface area contributed by atoms with Crippen LogP contribution in [0.5, 0.6) is 5.88 Å². The fraction of sp³-hybridized carbons (Fsp3) is 0.538. The number of anilines is 1. The molecule has 0 spiro atoms. The molecule has 5 nitrogen and oxygen atoms in total. The van der Waals surface area contributed by atoms with Gasteiger partial charge in [-0.1, -0.05) is 19.3 Å². The van der Waals surface area contributed by atoms with Gasteiger partial charge in [0, 0.05) is 6.07 Å². The molecule has 0 amide bonds. The van der Waals surface area contributed by atoms with Crippen molar-refractivity contribution >= 4 is 16.9 Å². The zero-order chi connectivity index (χ0) is 12.4. The van der Waals surface area contributed by atoms with Crippen LogP contribution in [0.2, 0.25) is 0 Å². The van der Waals surface area contributed by atoms with Crippen LogP contribution >= 0.6 is 0 Å². The maximum atomic E-state index is 5.82. The Hall–Kier alpha value is -1.78. The first-order valence-electron chi connectivity index (χ1n) is 6.55. The number of imidazole rings is 1. The molecular weight excluding hydrogens is 228 g/mol. The summed E-state index contributed by atoms with van der Waals surface area (Å²) in [6.07, 6.45) is 8.14. The average molecular weight is 246 g/mol. The van der Waals surface area contributed by atoms with Crippen molar-refractivity contribution in [2.24, 2.45) is 5.92 Å². The van der Waals surface area contributed by atoms with Crippen LogP contribution < -0.4 is 10.5 Å². The van der Waals surface area contributed by atoms with Crippen LogP contribution in [0.4, 0.5) is 5.82 Å². The molecule has 0 aromatic carbocycles. The van der Waals surface area contributed by atoms with Gasteiger partial charge >= 0.3 is 0 Å². The van der Waals surface area contributed by atoms with Crippen LogP contribution in [0.3, 0.4) is 0 Å². The van der Waals surface area contributed by atoms with Crippen molar-refractivity contribution in [3.63, 3.8) is 0 Å². The number of nitrogens with one attached hydrogen (secondary N) is 1. The quantitative estimate of drug-likeness (QED) is 0.872. The van der Waals surface area contributed by atoms with Crippen molar-refractivity contribution in [3.05, 3.63) is 12.4 Å². The lowest BCUT2D eigenvalue weighted by molar-refractivity contribution is 0.205. The van der Waals surface area contributed by atoms with Crippen molar-refractivity contribution in [1.29, 1.82) is 0 Å². The topological polar surface area (TPSA) is 76.8 Å². The third kappa shape index (κ3) is 2.25. The first kappa shape index (κ1) is 11.3. The van der Waals surface area contributed by atoms with Gasteiger partial charge in [-0.25, -0.2) is 4.98 Å². The Morgan fingerprint density at radius 1 is 1.33 bits per heavy atom. The van der Waals surface area contributed by atoms with E-state index < -0.39 is 0 Å². The van der Waals surface area contributed by atoms with E-state index in [4.69, 9.17) is 10.5 Å². The average Bonchev–Trinajstić information content (AvgIpc) is 2.85. The summed E-state index contributed by atoms with van der Waals surface area (Å²) in [4.78, 5) is 11.5. The highest BCUT2D eigenvalue weighted by Gasteiger charge is 2.16. The molecule has 1 aliphatic rings. The van der Waals surface area contributed by atoms with E-state index in [1.165, 1.54) is 32.1 Å². The van der Waals surface area contributed by atoms with Crippen molar-refractivity contribution in [3.8, 4) is 5.88 Å². The number of aromatic amines is 1. The zero-order valence-electron chi connectivity index (χ0n) is 10.4. The second-order valence-electron chi connectivity index (χ2n) is 4.97. The van der Waals surface area contributed by atoms with E-state index in [1.807, 2.05) is 0 Å². The highest BCUT2D eigenvalue weighted by Crippen LogP contribution is 2.26. The summed E-state index contributed by atoms with van der Waals surface area (Å²) in [6, 6.07) is 1.77. The fourth-order valence-corrected chi connectivity index (χ4v) is 2.59. The molecule has 2 aromatic heterocycles. The molecule has 1 aliphatic carbocycles. The molecule has 3 rings (SSSR count). The van der Waals surface area contributed by atoms with Crippen LogP contribution in [-0.2, 0) is 0 Å². The number of rotatable bonds is 3. The van der Waals surface area contributed by atoms with Crippen LogP contribution in [0.1, 0.15) is 32.1 Å². The summed E-state index contributed by atoms with van der Waals surface area (Å²) in [5.74, 6) is 1.66. The fourth-order valence-electron chi connectivity index (χ4n) is 2.59. The summed E-state index contributed by atoms with van der Waals surface area (Å²) in [7, 11) is 0. The second-order valence-corrected chi connectivity index (χ2v) is 4.97. The van der Waals surface area contributed by atoms with Crippen LogP contribution in [0.25, 0.3) is 11.0 Å². The highest BCUT2D eigenvalue weighted by atomic mass is 16.5. The van der Waals surface area contributed by atoms with E-state index in [9.17, 15) is 0 Å². The minimum atomic E-state index is 0.463. The molecule has 1 saturated carbocycles. The van der Waals surface area contributed by atoms with E-state index >= 15 is 0 Å². The number of fused-ring (bicyclic) bond motifs is 1. The van der Waals surface area contributed by atoms with Crippen molar-refractivity contribution < 1.29 is 4.74 Å². The number of H-pyrrole nitrogens is 1. The molecule has 0 atom stereocenters. The van der Waals surface area contributed by atoms with E-state index in [-0.39, 0.29) is 0 Å². The first-order valence-corrected chi connectivity index (χ1v) is 6.55. The Labute approximate surface area is 106 Å². The Bertz CT molecular complexity index is 531. The summed E-state index contributed by atoms with van der Waals surface area (Å²) in [5, 5.41) is 0. The van der Waals surface area contributed by atoms with Crippen molar-refractivity contribution in [1.82, 2.24) is 15.0 Å². The van der Waals surface area contributed by atoms with Crippen LogP contribution in [-0.4, -0.2) is 21.6 Å². The third-order valence-electron chi connectivity index (χ3n) is 3.57. The minimum absolute atomic E-state index is 0.463. The van der Waals surface area contributed by atoms with Gasteiger partial charge in [0.05, 0.1) is 18.5 Å². The predicted octanol–water partition coefficient (Wildman–Crippen LogP) is 2.50. The van der Waals surface area contributed by atoms with E-state index in [0.717, 1.165) is 17.6 Å². The van der Waals surface area contributed by atoms with Gasteiger partial charge in [-0.2, -0.15) is 4.98 Å². The Kier molecular flexibility index (Phi) is 3.04. The highest BCUT2D eigenvalue weighted by molar-refractivity contribution is 5.81. The Morgan fingerprint density at radius 2 is 2.17 bits per heavy atom. The van der Waals surface area contributed by atoms with Gasteiger partial charge in [0.15, 0.2) is 5.52 Å². The molecule has 0 radical (unpaired) electrons. The number of hydrogen-bond acceptors (Lipinski definition) is 4. The molecule has 0 unspecified atom stereocenters. The first-order chi connectivity index (χ1) is 8.83. The summed E-state index contributed by atoms with van der Waals surface area (Å²) in [5.41, 5.74) is 7.39. The normalized spacial score (nSPS) is 17.1. The minimum Gasteiger partial charge on any atom is -0.476 e. The number of nitrogens with two attached hydrogens (primary N) is 1. The van der Waals surface area contributed by atoms with E-state index in [0.29, 0.717) is 17.6 Å². The maximum absolute atomic E-state index is 5.82. The van der Waals surface area contributed by atoms with Gasteiger partial charge in [0.2, 0.25) is 5.88 Å². The molecule has 2 heterocycles. The molecule has 0 saturated heterocycles. The molecular formula is C13H18N4O. The summed E-state index contributed by atoms with van der Waals surface area (Å²) in [6.45, 7) is 0.721. The summed E-state index contributed by atoms with van der Waals surface area (Å²) < 4.78 is 5.82. The number of nitrogen functional groups attached to an aromatic ring is 1. The van der Waals surface area contributed by atoms with Gasteiger partial charge in [0.1, 0.15) is 5.82 Å². The summed E-state index contributed by atoms with van der Waals surface area (Å²) >= 11 is 0. The molecule has 18 heavy (non-hydrogen) atoms. The van der Waals surface area contributed by atoms with Gasteiger partial charge in [-0.15, -0.1) is 0 Å². The molecule has 2 aromatic rings. The Balaban J connectivity index is 1.75. The van der Waals surface area contributed by atoms with Crippen molar-refractivity contribution in [2.45, 2.75) is 32.1 Å². The standard InChI is InChI=1S/C13H18N4O/c14-11-6-10-12(16-8-15-10)13(17-11)18-7-9-4-2-1-3-5-9/h6,8-9H,1-5,7H2,(H2,14,17)(H,15,16). The number of nitrogens with zero attached hydrogens (tertiary/aromatic N) is 2. The SMILES string of the molecule is Nc1cc2[nH]cnc2c(OCC2CCCCC2)n1. The largest absolute Gasteiger partial charge is 0.476 e. The Morgan fingerprint density at radius 3 is 3.00 bits per heavy atom. The molecule has 0 bridgehead atoms. The second kappa shape index (κ2) is 4.84. The van der Waals surface area contributed by atoms with Crippen LogP contribution in [0, 0.1) is 5.92 Å². The van der Waals surface area contributed by atoms with Crippen molar-refractivity contribution in [2.75, 3.05) is 12.3 Å².